The van der Waals surface area contributed by atoms with E-state index in [9.17, 15) is 0 Å². The Bertz CT molecular complexity index is 2570. The first kappa shape index (κ1) is 29.5. The maximum Gasteiger partial charge on any atom is 0.137 e. The second kappa shape index (κ2) is 10.7. The highest BCUT2D eigenvalue weighted by molar-refractivity contribution is 6.15. The molecule has 0 spiro atoms. The molecule has 1 heterocycles. The zero-order chi connectivity index (χ0) is 33.5. The summed E-state index contributed by atoms with van der Waals surface area (Å²) in [7, 11) is 0. The zero-order valence-corrected chi connectivity index (χ0v) is 28.7. The zero-order valence-electron chi connectivity index (χ0n) is 28.7. The lowest BCUT2D eigenvalue weighted by atomic mass is 9.79. The van der Waals surface area contributed by atoms with Gasteiger partial charge in [0.15, 0.2) is 0 Å². The maximum atomic E-state index is 6.45. The topological polar surface area (TPSA) is 16.4 Å². The second-order valence-corrected chi connectivity index (χ2v) is 15.0. The lowest BCUT2D eigenvalue weighted by molar-refractivity contribution is 0.584. The fraction of sp³-hybridized carbons (Fsp3) is 0.149. The van der Waals surface area contributed by atoms with Crippen LogP contribution < -0.4 is 4.90 Å². The molecule has 0 saturated heterocycles. The molecule has 0 fully saturated rings. The number of nitrogens with zero attached hydrogens (tertiary/aromatic N) is 1. The second-order valence-electron chi connectivity index (χ2n) is 15.0. The molecule has 7 aromatic carbocycles. The van der Waals surface area contributed by atoms with E-state index in [2.05, 4.69) is 179 Å². The minimum absolute atomic E-state index is 0.0759. The molecule has 0 bridgehead atoms. The predicted molar refractivity (Wildman–Crippen MR) is 208 cm³/mol. The number of furan rings is 1. The standard InChI is InChI=1S/C47H39NO/c1-46(2,3)31-27-28-35-38(29-31)47(4,5)37-21-13-20-34(44(35)37)33-18-8-10-22-40(33)48(39-23-12-16-30-15-6-7-17-32(30)39)41-24-14-26-43-45(41)36-19-9-11-25-42(36)49-43/h6-29H,1-5H3. The van der Waals surface area contributed by atoms with E-state index in [0.29, 0.717) is 0 Å². The molecule has 1 aromatic heterocycles. The van der Waals surface area contributed by atoms with Crippen molar-refractivity contribution in [2.24, 2.45) is 0 Å². The molecular formula is C47H39NO. The van der Waals surface area contributed by atoms with Gasteiger partial charge in [-0.05, 0) is 74.5 Å². The largest absolute Gasteiger partial charge is 0.456 e. The predicted octanol–water partition coefficient (Wildman–Crippen LogP) is 13.5. The summed E-state index contributed by atoms with van der Waals surface area (Å²) in [5.74, 6) is 0. The Labute approximate surface area is 288 Å². The molecule has 0 N–H and O–H groups in total. The summed E-state index contributed by atoms with van der Waals surface area (Å²) in [6, 6.07) is 53.1. The number of anilines is 3. The van der Waals surface area contributed by atoms with Crippen LogP contribution in [-0.2, 0) is 10.8 Å². The van der Waals surface area contributed by atoms with Crippen molar-refractivity contribution >= 4 is 49.8 Å². The van der Waals surface area contributed by atoms with Gasteiger partial charge in [0.2, 0.25) is 0 Å². The lowest BCUT2D eigenvalue weighted by Gasteiger charge is -2.30. The van der Waals surface area contributed by atoms with E-state index in [1.807, 2.05) is 6.07 Å². The van der Waals surface area contributed by atoms with Gasteiger partial charge in [0.1, 0.15) is 11.2 Å². The van der Waals surface area contributed by atoms with Crippen LogP contribution in [-0.4, -0.2) is 0 Å². The molecule has 2 heteroatoms. The molecule has 1 aliphatic rings. The highest BCUT2D eigenvalue weighted by atomic mass is 16.3. The number of benzene rings is 7. The third kappa shape index (κ3) is 4.47. The van der Waals surface area contributed by atoms with Crippen LogP contribution in [0.5, 0.6) is 0 Å². The van der Waals surface area contributed by atoms with E-state index in [-0.39, 0.29) is 10.8 Å². The van der Waals surface area contributed by atoms with Gasteiger partial charge < -0.3 is 9.32 Å². The fourth-order valence-corrected chi connectivity index (χ4v) is 8.11. The Balaban J connectivity index is 1.36. The van der Waals surface area contributed by atoms with Crippen molar-refractivity contribution in [3.63, 3.8) is 0 Å². The summed E-state index contributed by atoms with van der Waals surface area (Å²) in [6.45, 7) is 11.7. The number of fused-ring (bicyclic) bond motifs is 7. The van der Waals surface area contributed by atoms with Gasteiger partial charge in [-0.2, -0.15) is 0 Å². The molecule has 0 radical (unpaired) electrons. The van der Waals surface area contributed by atoms with Gasteiger partial charge >= 0.3 is 0 Å². The highest BCUT2D eigenvalue weighted by Crippen LogP contribution is 2.55. The average Bonchev–Trinajstić information content (AvgIpc) is 3.61. The molecular weight excluding hydrogens is 595 g/mol. The van der Waals surface area contributed by atoms with Crippen LogP contribution in [0.15, 0.2) is 150 Å². The third-order valence-electron chi connectivity index (χ3n) is 10.6. The maximum absolute atomic E-state index is 6.45. The van der Waals surface area contributed by atoms with Gasteiger partial charge in [0.05, 0.1) is 22.4 Å². The van der Waals surface area contributed by atoms with E-state index in [0.717, 1.165) is 39.0 Å². The van der Waals surface area contributed by atoms with E-state index in [1.54, 1.807) is 0 Å². The number of hydrogen-bond acceptors (Lipinski definition) is 2. The molecule has 9 rings (SSSR count). The Morgan fingerprint density at radius 1 is 0.510 bits per heavy atom. The van der Waals surface area contributed by atoms with Crippen molar-refractivity contribution in [1.29, 1.82) is 0 Å². The van der Waals surface area contributed by atoms with Crippen molar-refractivity contribution < 1.29 is 4.42 Å². The Hall–Kier alpha value is -5.60. The van der Waals surface area contributed by atoms with Crippen LogP contribution in [0.3, 0.4) is 0 Å². The monoisotopic (exact) mass is 633 g/mol. The Kier molecular flexibility index (Phi) is 6.45. The van der Waals surface area contributed by atoms with Crippen molar-refractivity contribution in [3.05, 3.63) is 162 Å². The molecule has 49 heavy (non-hydrogen) atoms. The van der Waals surface area contributed by atoms with Crippen LogP contribution in [0.1, 0.15) is 51.3 Å². The summed E-state index contributed by atoms with van der Waals surface area (Å²) in [5.41, 5.74) is 14.3. The number of hydrogen-bond donors (Lipinski definition) is 0. The molecule has 0 aliphatic heterocycles. The summed E-state index contributed by atoms with van der Waals surface area (Å²) < 4.78 is 6.45. The molecule has 0 saturated carbocycles. The van der Waals surface area contributed by atoms with Crippen LogP contribution in [0.4, 0.5) is 17.1 Å². The van der Waals surface area contributed by atoms with E-state index in [1.165, 1.54) is 49.7 Å². The smallest absolute Gasteiger partial charge is 0.137 e. The van der Waals surface area contributed by atoms with E-state index < -0.39 is 0 Å². The summed E-state index contributed by atoms with van der Waals surface area (Å²) >= 11 is 0. The minimum atomic E-state index is -0.118. The van der Waals surface area contributed by atoms with E-state index >= 15 is 0 Å². The quantitative estimate of drug-likeness (QED) is 0.192. The van der Waals surface area contributed by atoms with Crippen LogP contribution in [0, 0.1) is 0 Å². The third-order valence-corrected chi connectivity index (χ3v) is 10.6. The summed E-state index contributed by atoms with van der Waals surface area (Å²) in [4.78, 5) is 2.46. The molecule has 0 unspecified atom stereocenters. The normalized spacial score (nSPS) is 13.6. The molecule has 2 nitrogen and oxygen atoms in total. The first-order valence-electron chi connectivity index (χ1n) is 17.3. The van der Waals surface area contributed by atoms with Gasteiger partial charge in [-0.1, -0.05) is 150 Å². The van der Waals surface area contributed by atoms with Gasteiger partial charge in [-0.3, -0.25) is 0 Å². The first-order valence-corrected chi connectivity index (χ1v) is 17.3. The van der Waals surface area contributed by atoms with Gasteiger partial charge in [0.25, 0.3) is 0 Å². The Morgan fingerprint density at radius 2 is 1.14 bits per heavy atom. The summed E-state index contributed by atoms with van der Waals surface area (Å²) in [5, 5.41) is 4.63. The fourth-order valence-electron chi connectivity index (χ4n) is 8.11. The van der Waals surface area contributed by atoms with Crippen molar-refractivity contribution in [1.82, 2.24) is 0 Å². The van der Waals surface area contributed by atoms with Crippen LogP contribution in [0.2, 0.25) is 0 Å². The van der Waals surface area contributed by atoms with Crippen LogP contribution >= 0.6 is 0 Å². The first-order chi connectivity index (χ1) is 23.7. The van der Waals surface area contributed by atoms with Gasteiger partial charge in [0, 0.05) is 21.8 Å². The highest BCUT2D eigenvalue weighted by Gasteiger charge is 2.38. The van der Waals surface area contributed by atoms with Gasteiger partial charge in [-0.25, -0.2) is 0 Å². The molecule has 1 aliphatic carbocycles. The summed E-state index contributed by atoms with van der Waals surface area (Å²) in [6.07, 6.45) is 0. The van der Waals surface area contributed by atoms with E-state index in [4.69, 9.17) is 4.42 Å². The molecule has 8 aromatic rings. The average molecular weight is 634 g/mol. The minimum Gasteiger partial charge on any atom is -0.456 e. The van der Waals surface area contributed by atoms with Crippen molar-refractivity contribution in [2.45, 2.75) is 45.4 Å². The van der Waals surface area contributed by atoms with Gasteiger partial charge in [-0.15, -0.1) is 0 Å². The number of para-hydroxylation sites is 2. The Morgan fingerprint density at radius 3 is 2.00 bits per heavy atom. The SMILES string of the molecule is CC(C)(C)c1ccc2c(c1)C(C)(C)c1cccc(-c3ccccc3N(c3cccc4ccccc34)c3cccc4oc5ccccc5c34)c1-2. The van der Waals surface area contributed by atoms with Crippen LogP contribution in [0.25, 0.3) is 55.0 Å². The molecule has 238 valence electrons. The number of rotatable bonds is 4. The van der Waals surface area contributed by atoms with Crippen molar-refractivity contribution in [3.8, 4) is 22.3 Å². The molecule has 0 amide bonds. The molecule has 0 atom stereocenters. The lowest BCUT2D eigenvalue weighted by Crippen LogP contribution is -2.17. The van der Waals surface area contributed by atoms with Crippen molar-refractivity contribution in [2.75, 3.05) is 4.90 Å².